The van der Waals surface area contributed by atoms with Crippen molar-refractivity contribution in [1.82, 2.24) is 15.5 Å². The monoisotopic (exact) mass is 339 g/mol. The number of aromatic nitrogens is 2. The molecule has 1 fully saturated rings. The Hall–Kier alpha value is -2.19. The van der Waals surface area contributed by atoms with E-state index in [9.17, 15) is 18.3 Å². The number of alkyl halides is 3. The molecule has 0 amide bonds. The van der Waals surface area contributed by atoms with Crippen molar-refractivity contribution in [3.8, 4) is 17.0 Å². The lowest BCUT2D eigenvalue weighted by atomic mass is 10.0. The third-order valence-corrected chi connectivity index (χ3v) is 3.83. The molecule has 24 heavy (non-hydrogen) atoms. The van der Waals surface area contributed by atoms with E-state index in [1.807, 2.05) is 0 Å². The van der Waals surface area contributed by atoms with Gasteiger partial charge in [0.1, 0.15) is 5.75 Å². The van der Waals surface area contributed by atoms with Crippen LogP contribution in [-0.2, 0) is 17.5 Å². The molecule has 0 unspecified atom stereocenters. The quantitative estimate of drug-likeness (QED) is 0.896. The molecular formula is C16H16F3N3O2. The standard InChI is InChI=1S/C16H16F3N3O2/c1-9-4-10(16(17,18)19)5-14(23)15(9)13-3-2-11(21-22-13)6-20-12-7-24-8-12/h2-5,12,20,23H,6-8H2,1H3. The molecule has 1 aliphatic heterocycles. The van der Waals surface area contributed by atoms with Gasteiger partial charge in [0.05, 0.1) is 36.2 Å². The topological polar surface area (TPSA) is 67.3 Å². The number of hydrogen-bond donors (Lipinski definition) is 2. The summed E-state index contributed by atoms with van der Waals surface area (Å²) in [4.78, 5) is 0. The van der Waals surface area contributed by atoms with Crippen LogP contribution in [0.15, 0.2) is 24.3 Å². The highest BCUT2D eigenvalue weighted by atomic mass is 19.4. The van der Waals surface area contributed by atoms with E-state index in [2.05, 4.69) is 15.5 Å². The molecular weight excluding hydrogens is 323 g/mol. The Morgan fingerprint density at radius 2 is 2.00 bits per heavy atom. The van der Waals surface area contributed by atoms with E-state index in [-0.39, 0.29) is 11.1 Å². The second kappa shape index (κ2) is 6.37. The number of benzene rings is 1. The van der Waals surface area contributed by atoms with Gasteiger partial charge in [-0.3, -0.25) is 0 Å². The average molecular weight is 339 g/mol. The summed E-state index contributed by atoms with van der Waals surface area (Å²) >= 11 is 0. The maximum atomic E-state index is 12.8. The van der Waals surface area contributed by atoms with Crippen molar-refractivity contribution in [3.63, 3.8) is 0 Å². The normalized spacial score (nSPS) is 15.3. The van der Waals surface area contributed by atoms with E-state index in [1.165, 1.54) is 6.92 Å². The van der Waals surface area contributed by atoms with Crippen LogP contribution in [0.2, 0.25) is 0 Å². The highest BCUT2D eigenvalue weighted by Gasteiger charge is 2.32. The van der Waals surface area contributed by atoms with Crippen molar-refractivity contribution in [2.75, 3.05) is 13.2 Å². The van der Waals surface area contributed by atoms with Crippen LogP contribution in [0.1, 0.15) is 16.8 Å². The molecule has 1 aliphatic rings. The lowest BCUT2D eigenvalue weighted by Gasteiger charge is -2.26. The Bertz CT molecular complexity index is 705. The zero-order valence-electron chi connectivity index (χ0n) is 12.9. The van der Waals surface area contributed by atoms with Crippen molar-refractivity contribution in [3.05, 3.63) is 41.1 Å². The second-order valence-electron chi connectivity index (χ2n) is 5.71. The number of phenols is 1. The van der Waals surface area contributed by atoms with Crippen molar-refractivity contribution < 1.29 is 23.0 Å². The first kappa shape index (κ1) is 16.7. The van der Waals surface area contributed by atoms with Crippen LogP contribution in [0.4, 0.5) is 13.2 Å². The van der Waals surface area contributed by atoms with Crippen LogP contribution in [0.3, 0.4) is 0 Å². The fourth-order valence-corrected chi connectivity index (χ4v) is 2.46. The highest BCUT2D eigenvalue weighted by molar-refractivity contribution is 5.71. The third kappa shape index (κ3) is 3.49. The molecule has 3 rings (SSSR count). The lowest BCUT2D eigenvalue weighted by molar-refractivity contribution is -0.137. The largest absolute Gasteiger partial charge is 0.507 e. The molecule has 5 nitrogen and oxygen atoms in total. The van der Waals surface area contributed by atoms with Gasteiger partial charge in [-0.2, -0.15) is 23.4 Å². The van der Waals surface area contributed by atoms with E-state index in [0.29, 0.717) is 43.3 Å². The van der Waals surface area contributed by atoms with Crippen molar-refractivity contribution in [1.29, 1.82) is 0 Å². The van der Waals surface area contributed by atoms with Crippen LogP contribution in [0.25, 0.3) is 11.3 Å². The van der Waals surface area contributed by atoms with E-state index in [1.54, 1.807) is 12.1 Å². The lowest BCUT2D eigenvalue weighted by Crippen LogP contribution is -2.45. The van der Waals surface area contributed by atoms with Crippen LogP contribution in [0.5, 0.6) is 5.75 Å². The van der Waals surface area contributed by atoms with Gasteiger partial charge in [-0.1, -0.05) is 0 Å². The van der Waals surface area contributed by atoms with Crippen LogP contribution >= 0.6 is 0 Å². The SMILES string of the molecule is Cc1cc(C(F)(F)F)cc(O)c1-c1ccc(CNC2COC2)nn1. The number of aromatic hydroxyl groups is 1. The van der Waals surface area contributed by atoms with Gasteiger partial charge in [0.25, 0.3) is 0 Å². The van der Waals surface area contributed by atoms with Gasteiger partial charge in [0.15, 0.2) is 0 Å². The van der Waals surface area contributed by atoms with Crippen molar-refractivity contribution in [2.45, 2.75) is 25.7 Å². The van der Waals surface area contributed by atoms with Gasteiger partial charge in [0.2, 0.25) is 0 Å². The first-order valence-corrected chi connectivity index (χ1v) is 7.39. The van der Waals surface area contributed by atoms with Crippen LogP contribution in [0, 0.1) is 6.92 Å². The molecule has 8 heteroatoms. The predicted molar refractivity (Wildman–Crippen MR) is 80.3 cm³/mol. The first-order chi connectivity index (χ1) is 11.3. The van der Waals surface area contributed by atoms with E-state index in [4.69, 9.17) is 4.74 Å². The Labute approximate surface area is 136 Å². The molecule has 0 atom stereocenters. The van der Waals surface area contributed by atoms with E-state index >= 15 is 0 Å². The molecule has 0 saturated carbocycles. The van der Waals surface area contributed by atoms with Gasteiger partial charge in [-0.15, -0.1) is 0 Å². The Kier molecular flexibility index (Phi) is 4.42. The Morgan fingerprint density at radius 1 is 1.25 bits per heavy atom. The van der Waals surface area contributed by atoms with E-state index < -0.39 is 17.5 Å². The molecule has 1 aromatic carbocycles. The number of ether oxygens (including phenoxy) is 1. The molecule has 2 N–H and O–H groups in total. The summed E-state index contributed by atoms with van der Waals surface area (Å²) in [5.41, 5.74) is 0.679. The summed E-state index contributed by atoms with van der Waals surface area (Å²) in [5.74, 6) is -0.464. The Balaban J connectivity index is 1.80. The smallest absolute Gasteiger partial charge is 0.416 e. The van der Waals surface area contributed by atoms with Crippen LogP contribution < -0.4 is 5.32 Å². The summed E-state index contributed by atoms with van der Waals surface area (Å²) in [6.07, 6.45) is -4.51. The predicted octanol–water partition coefficient (Wildman–Crippen LogP) is 2.66. The second-order valence-corrected chi connectivity index (χ2v) is 5.71. The molecule has 0 spiro atoms. The molecule has 2 aromatic rings. The summed E-state index contributed by atoms with van der Waals surface area (Å²) < 4.78 is 43.3. The van der Waals surface area contributed by atoms with Crippen molar-refractivity contribution >= 4 is 0 Å². The van der Waals surface area contributed by atoms with Gasteiger partial charge in [0, 0.05) is 12.1 Å². The van der Waals surface area contributed by atoms with Gasteiger partial charge in [-0.25, -0.2) is 0 Å². The number of nitrogens with one attached hydrogen (secondary N) is 1. The Morgan fingerprint density at radius 3 is 2.50 bits per heavy atom. The number of hydrogen-bond acceptors (Lipinski definition) is 5. The summed E-state index contributed by atoms with van der Waals surface area (Å²) in [6.45, 7) is 3.37. The highest BCUT2D eigenvalue weighted by Crippen LogP contribution is 2.38. The number of halogens is 3. The average Bonchev–Trinajstić information content (AvgIpc) is 2.45. The fourth-order valence-electron chi connectivity index (χ4n) is 2.46. The fraction of sp³-hybridized carbons (Fsp3) is 0.375. The first-order valence-electron chi connectivity index (χ1n) is 7.39. The summed E-state index contributed by atoms with van der Waals surface area (Å²) in [7, 11) is 0. The molecule has 0 aliphatic carbocycles. The molecule has 128 valence electrons. The molecule has 0 radical (unpaired) electrons. The zero-order chi connectivity index (χ0) is 17.3. The van der Waals surface area contributed by atoms with Gasteiger partial charge < -0.3 is 15.2 Å². The minimum atomic E-state index is -4.51. The maximum absolute atomic E-state index is 12.8. The third-order valence-electron chi connectivity index (χ3n) is 3.83. The molecule has 0 bridgehead atoms. The zero-order valence-corrected chi connectivity index (χ0v) is 12.9. The van der Waals surface area contributed by atoms with Crippen LogP contribution in [-0.4, -0.2) is 34.6 Å². The number of phenolic OH excluding ortho intramolecular Hbond substituents is 1. The van der Waals surface area contributed by atoms with E-state index in [0.717, 1.165) is 6.07 Å². The van der Waals surface area contributed by atoms with Gasteiger partial charge >= 0.3 is 6.18 Å². The molecule has 2 heterocycles. The minimum Gasteiger partial charge on any atom is -0.507 e. The summed E-state index contributed by atoms with van der Waals surface area (Å²) in [6, 6.07) is 5.37. The number of aryl methyl sites for hydroxylation is 1. The molecule has 1 aromatic heterocycles. The van der Waals surface area contributed by atoms with Crippen molar-refractivity contribution in [2.24, 2.45) is 0 Å². The number of nitrogens with zero attached hydrogens (tertiary/aromatic N) is 2. The minimum absolute atomic E-state index is 0.252. The summed E-state index contributed by atoms with van der Waals surface area (Å²) in [5, 5.41) is 21.3. The maximum Gasteiger partial charge on any atom is 0.416 e. The van der Waals surface area contributed by atoms with Gasteiger partial charge in [-0.05, 0) is 36.8 Å². The number of rotatable bonds is 4. The molecule has 1 saturated heterocycles.